The van der Waals surface area contributed by atoms with Gasteiger partial charge in [-0.3, -0.25) is 14.5 Å². The van der Waals surface area contributed by atoms with Gasteiger partial charge in [-0.15, -0.1) is 0 Å². The summed E-state index contributed by atoms with van der Waals surface area (Å²) in [7, 11) is 1.81. The quantitative estimate of drug-likeness (QED) is 0.502. The third kappa shape index (κ3) is 3.27. The lowest BCUT2D eigenvalue weighted by atomic mass is 9.46. The van der Waals surface area contributed by atoms with E-state index >= 15 is 0 Å². The molecule has 0 aliphatic heterocycles. The Bertz CT molecular complexity index is 797. The lowest BCUT2D eigenvalue weighted by Gasteiger charge is -2.59. The third-order valence-corrected chi connectivity index (χ3v) is 9.41. The fourth-order valence-electron chi connectivity index (χ4n) is 7.51. The van der Waals surface area contributed by atoms with E-state index in [1.807, 2.05) is 13.8 Å². The van der Waals surface area contributed by atoms with Gasteiger partial charge < -0.3 is 20.4 Å². The van der Waals surface area contributed by atoms with Gasteiger partial charge in [-0.1, -0.05) is 13.8 Å². The molecule has 7 heteroatoms. The van der Waals surface area contributed by atoms with Crippen molar-refractivity contribution >= 4 is 11.6 Å². The lowest BCUT2D eigenvalue weighted by Crippen LogP contribution is -2.61. The molecule has 0 saturated heterocycles. The summed E-state index contributed by atoms with van der Waals surface area (Å²) < 4.78 is 0. The number of Topliss-reactive ketones (excluding diaryl/α,β-unsaturated/α-hetero) is 1. The number of hydrogen-bond donors (Lipinski definition) is 4. The lowest BCUT2D eigenvalue weighted by molar-refractivity contribution is -0.154. The van der Waals surface area contributed by atoms with Crippen LogP contribution in [0.4, 0.5) is 0 Å². The molecule has 3 saturated carbocycles. The van der Waals surface area contributed by atoms with Gasteiger partial charge in [0.1, 0.15) is 0 Å². The molecule has 4 rings (SSSR count). The Balaban J connectivity index is 1.66. The summed E-state index contributed by atoms with van der Waals surface area (Å²) in [4.78, 5) is 28.1. The highest BCUT2D eigenvalue weighted by molar-refractivity contribution is 5.95. The smallest absolute Gasteiger partial charge is 0.159 e. The maximum atomic E-state index is 13.1. The average Bonchev–Trinajstić information content (AvgIpc) is 2.96. The number of hydrogen-bond acceptors (Lipinski definition) is 7. The molecular formula is C24H37NO6. The number of aliphatic hydroxyl groups is 4. The number of rotatable bonds is 5. The topological polar surface area (TPSA) is 118 Å². The summed E-state index contributed by atoms with van der Waals surface area (Å²) in [5.41, 5.74) is -1.60. The van der Waals surface area contributed by atoms with E-state index in [9.17, 15) is 24.9 Å². The fourth-order valence-corrected chi connectivity index (χ4v) is 7.51. The second kappa shape index (κ2) is 7.73. The zero-order valence-corrected chi connectivity index (χ0v) is 18.9. The van der Waals surface area contributed by atoms with E-state index in [0.717, 1.165) is 12.0 Å². The normalized spacial score (nSPS) is 46.9. The molecule has 0 bridgehead atoms. The first-order valence-electron chi connectivity index (χ1n) is 11.6. The molecule has 0 aromatic heterocycles. The van der Waals surface area contributed by atoms with Crippen molar-refractivity contribution in [2.24, 2.45) is 28.6 Å². The monoisotopic (exact) mass is 435 g/mol. The number of fused-ring (bicyclic) bond motifs is 5. The average molecular weight is 436 g/mol. The molecule has 4 aliphatic carbocycles. The SMILES string of the molecule is CN(CCO)CC(=O)[C@H]1CC[C@@]2(O)C3=CC(=O)C4C[C@@H](O)[C@@H](O)C[C@]4(C)C3CC[C@]12C. The standard InChI is InChI=1S/C24H37NO6/c1-22-12-20(29)19(28)11-17(22)18(27)10-16-14(22)4-6-23(2)15(5-7-24(16,23)31)21(30)13-25(3)8-9-26/h10,14-15,17,19-20,26,28-29,31H,4-9,11-13H2,1-3H3/t14?,15-,17?,19-,20+,22-,23-,24-/m1/s1. The van der Waals surface area contributed by atoms with E-state index in [0.29, 0.717) is 32.2 Å². The summed E-state index contributed by atoms with van der Waals surface area (Å²) in [6.45, 7) is 4.67. The van der Waals surface area contributed by atoms with E-state index in [4.69, 9.17) is 5.11 Å². The zero-order valence-electron chi connectivity index (χ0n) is 18.9. The number of nitrogens with zero attached hydrogens (tertiary/aromatic N) is 1. The Hall–Kier alpha value is -1.12. The Morgan fingerprint density at radius 1 is 1.16 bits per heavy atom. The van der Waals surface area contributed by atoms with Crippen molar-refractivity contribution in [3.63, 3.8) is 0 Å². The first-order chi connectivity index (χ1) is 14.5. The van der Waals surface area contributed by atoms with Gasteiger partial charge in [0.25, 0.3) is 0 Å². The molecular weight excluding hydrogens is 398 g/mol. The van der Waals surface area contributed by atoms with Crippen LogP contribution in [0.5, 0.6) is 0 Å². The molecule has 8 atom stereocenters. The summed E-state index contributed by atoms with van der Waals surface area (Å²) in [6, 6.07) is 0. The van der Waals surface area contributed by atoms with Gasteiger partial charge in [0.2, 0.25) is 0 Å². The second-order valence-electron chi connectivity index (χ2n) is 11.0. The van der Waals surface area contributed by atoms with Gasteiger partial charge in [-0.2, -0.15) is 0 Å². The zero-order chi connectivity index (χ0) is 22.8. The van der Waals surface area contributed by atoms with Crippen molar-refractivity contribution in [3.8, 4) is 0 Å². The Labute approximate surface area is 184 Å². The van der Waals surface area contributed by atoms with Crippen molar-refractivity contribution in [2.45, 2.75) is 70.2 Å². The van der Waals surface area contributed by atoms with Gasteiger partial charge in [0.05, 0.1) is 31.0 Å². The molecule has 0 amide bonds. The van der Waals surface area contributed by atoms with E-state index in [-0.39, 0.29) is 48.9 Å². The minimum absolute atomic E-state index is 0.00731. The predicted octanol–water partition coefficient (Wildman–Crippen LogP) is 0.684. The first kappa shape index (κ1) is 23.1. The Morgan fingerprint density at radius 2 is 1.87 bits per heavy atom. The van der Waals surface area contributed by atoms with Crippen molar-refractivity contribution < 1.29 is 30.0 Å². The number of aliphatic hydroxyl groups excluding tert-OH is 3. The second-order valence-corrected chi connectivity index (χ2v) is 11.0. The molecule has 7 nitrogen and oxygen atoms in total. The molecule has 0 aromatic rings. The number of likely N-dealkylation sites (N-methyl/N-ethyl adjacent to an activating group) is 1. The van der Waals surface area contributed by atoms with Crippen molar-refractivity contribution in [3.05, 3.63) is 11.6 Å². The summed E-state index contributed by atoms with van der Waals surface area (Å²) in [5.74, 6) is -0.675. The number of allylic oxidation sites excluding steroid dienone is 1. The summed E-state index contributed by atoms with van der Waals surface area (Å²) >= 11 is 0. The molecule has 2 unspecified atom stereocenters. The number of carbonyl (C=O) groups is 2. The van der Waals surface area contributed by atoms with Crippen LogP contribution in [0.3, 0.4) is 0 Å². The van der Waals surface area contributed by atoms with Crippen molar-refractivity contribution in [1.29, 1.82) is 0 Å². The molecule has 0 aromatic carbocycles. The molecule has 31 heavy (non-hydrogen) atoms. The Kier molecular flexibility index (Phi) is 5.75. The molecule has 0 spiro atoms. The van der Waals surface area contributed by atoms with Crippen LogP contribution in [0.2, 0.25) is 0 Å². The number of carbonyl (C=O) groups excluding carboxylic acids is 2. The minimum Gasteiger partial charge on any atom is -0.395 e. The van der Waals surface area contributed by atoms with Crippen LogP contribution in [0.25, 0.3) is 0 Å². The molecule has 174 valence electrons. The van der Waals surface area contributed by atoms with Crippen LogP contribution in [0.15, 0.2) is 11.6 Å². The van der Waals surface area contributed by atoms with Crippen molar-refractivity contribution in [2.75, 3.05) is 26.7 Å². The molecule has 4 aliphatic rings. The Morgan fingerprint density at radius 3 is 2.55 bits per heavy atom. The van der Waals surface area contributed by atoms with Crippen LogP contribution < -0.4 is 0 Å². The van der Waals surface area contributed by atoms with Crippen LogP contribution in [-0.4, -0.2) is 81.4 Å². The van der Waals surface area contributed by atoms with Gasteiger partial charge >= 0.3 is 0 Å². The third-order valence-electron chi connectivity index (χ3n) is 9.41. The molecule has 0 heterocycles. The van der Waals surface area contributed by atoms with Crippen LogP contribution in [-0.2, 0) is 9.59 Å². The summed E-state index contributed by atoms with van der Waals surface area (Å²) in [5, 5.41) is 41.7. The van der Waals surface area contributed by atoms with E-state index < -0.39 is 28.6 Å². The van der Waals surface area contributed by atoms with Gasteiger partial charge in [-0.05, 0) is 68.6 Å². The van der Waals surface area contributed by atoms with Crippen LogP contribution in [0, 0.1) is 28.6 Å². The van der Waals surface area contributed by atoms with E-state index in [1.165, 1.54) is 0 Å². The van der Waals surface area contributed by atoms with E-state index in [2.05, 4.69) is 0 Å². The van der Waals surface area contributed by atoms with E-state index in [1.54, 1.807) is 18.0 Å². The maximum absolute atomic E-state index is 13.1. The molecule has 4 N–H and O–H groups in total. The largest absolute Gasteiger partial charge is 0.395 e. The summed E-state index contributed by atoms with van der Waals surface area (Å²) in [6.07, 6.45) is 2.92. The first-order valence-corrected chi connectivity index (χ1v) is 11.6. The molecule has 3 fully saturated rings. The highest BCUT2D eigenvalue weighted by atomic mass is 16.3. The molecule has 0 radical (unpaired) electrons. The predicted molar refractivity (Wildman–Crippen MR) is 114 cm³/mol. The van der Waals surface area contributed by atoms with Gasteiger partial charge in [0.15, 0.2) is 11.6 Å². The highest BCUT2D eigenvalue weighted by Gasteiger charge is 2.67. The highest BCUT2D eigenvalue weighted by Crippen LogP contribution is 2.67. The van der Waals surface area contributed by atoms with Crippen LogP contribution in [0.1, 0.15) is 52.4 Å². The fraction of sp³-hybridized carbons (Fsp3) is 0.833. The van der Waals surface area contributed by atoms with Crippen LogP contribution >= 0.6 is 0 Å². The van der Waals surface area contributed by atoms with Gasteiger partial charge in [0, 0.05) is 23.8 Å². The number of ketones is 2. The minimum atomic E-state index is -1.21. The van der Waals surface area contributed by atoms with Crippen molar-refractivity contribution in [1.82, 2.24) is 4.90 Å². The van der Waals surface area contributed by atoms with Gasteiger partial charge in [-0.25, -0.2) is 0 Å². The maximum Gasteiger partial charge on any atom is 0.159 e.